The van der Waals surface area contributed by atoms with Crippen LogP contribution >= 0.6 is 11.6 Å². The van der Waals surface area contributed by atoms with Crippen LogP contribution in [0.2, 0.25) is 5.02 Å². The van der Waals surface area contributed by atoms with Gasteiger partial charge in [0.05, 0.1) is 5.92 Å². The molecule has 1 aromatic heterocycles. The Kier molecular flexibility index (Phi) is 4.16. The van der Waals surface area contributed by atoms with Crippen molar-refractivity contribution in [2.24, 2.45) is 5.92 Å². The van der Waals surface area contributed by atoms with Crippen LogP contribution in [-0.4, -0.2) is 28.6 Å². The summed E-state index contributed by atoms with van der Waals surface area (Å²) in [7, 11) is 0. The molecule has 1 unspecified atom stereocenters. The average molecular weight is 333 g/mol. The van der Waals surface area contributed by atoms with Crippen molar-refractivity contribution in [2.45, 2.75) is 6.42 Å². The van der Waals surface area contributed by atoms with Crippen LogP contribution in [0.1, 0.15) is 15.9 Å². The van der Waals surface area contributed by atoms with Gasteiger partial charge in [0.25, 0.3) is 0 Å². The van der Waals surface area contributed by atoms with E-state index in [1.54, 1.807) is 18.2 Å². The van der Waals surface area contributed by atoms with E-state index in [1.165, 1.54) is 18.3 Å². The van der Waals surface area contributed by atoms with Crippen LogP contribution in [0, 0.1) is 5.92 Å². The lowest BCUT2D eigenvalue weighted by Gasteiger charge is -2.24. The summed E-state index contributed by atoms with van der Waals surface area (Å²) in [6.45, 7) is 0.218. The van der Waals surface area contributed by atoms with E-state index in [1.807, 2.05) is 0 Å². The van der Waals surface area contributed by atoms with E-state index in [9.17, 15) is 9.59 Å². The minimum atomic E-state index is -1.15. The zero-order valence-corrected chi connectivity index (χ0v) is 12.7. The summed E-state index contributed by atoms with van der Waals surface area (Å²) < 4.78 is 5.57. The van der Waals surface area contributed by atoms with Crippen molar-refractivity contribution in [3.05, 3.63) is 52.7 Å². The first kappa shape index (κ1) is 15.3. The highest BCUT2D eigenvalue weighted by atomic mass is 35.5. The zero-order chi connectivity index (χ0) is 16.4. The SMILES string of the molecule is O=C(O)c1cccnc1NC(=O)C1COc2ccc(Cl)cc2C1. The second-order valence-corrected chi connectivity index (χ2v) is 5.59. The van der Waals surface area contributed by atoms with Gasteiger partial charge in [0.1, 0.15) is 23.7 Å². The molecule has 0 saturated heterocycles. The summed E-state index contributed by atoms with van der Waals surface area (Å²) >= 11 is 5.96. The Morgan fingerprint density at radius 2 is 2.17 bits per heavy atom. The molecule has 2 N–H and O–H groups in total. The third-order valence-corrected chi connectivity index (χ3v) is 3.81. The lowest BCUT2D eigenvalue weighted by Crippen LogP contribution is -2.33. The van der Waals surface area contributed by atoms with Gasteiger partial charge >= 0.3 is 5.97 Å². The van der Waals surface area contributed by atoms with Gasteiger partial charge in [-0.1, -0.05) is 11.6 Å². The molecule has 0 radical (unpaired) electrons. The van der Waals surface area contributed by atoms with Gasteiger partial charge in [0.15, 0.2) is 0 Å². The van der Waals surface area contributed by atoms with Crippen LogP contribution in [0.15, 0.2) is 36.5 Å². The van der Waals surface area contributed by atoms with Gasteiger partial charge in [-0.05, 0) is 42.3 Å². The van der Waals surface area contributed by atoms with Crippen LogP contribution in [0.4, 0.5) is 5.82 Å². The topological polar surface area (TPSA) is 88.5 Å². The largest absolute Gasteiger partial charge is 0.492 e. The Hall–Kier alpha value is -2.60. The van der Waals surface area contributed by atoms with Crippen molar-refractivity contribution in [2.75, 3.05) is 11.9 Å². The molecule has 118 valence electrons. The number of amides is 1. The van der Waals surface area contributed by atoms with Gasteiger partial charge in [-0.15, -0.1) is 0 Å². The Bertz CT molecular complexity index is 778. The van der Waals surface area contributed by atoms with Crippen molar-refractivity contribution < 1.29 is 19.4 Å². The number of carboxylic acid groups (broad SMARTS) is 1. The van der Waals surface area contributed by atoms with Crippen molar-refractivity contribution >= 4 is 29.3 Å². The minimum Gasteiger partial charge on any atom is -0.492 e. The lowest BCUT2D eigenvalue weighted by molar-refractivity contribution is -0.121. The summed E-state index contributed by atoms with van der Waals surface area (Å²) in [5.41, 5.74) is 0.796. The fraction of sp³-hybridized carbons (Fsp3) is 0.188. The molecule has 6 nitrogen and oxygen atoms in total. The Morgan fingerprint density at radius 3 is 2.96 bits per heavy atom. The van der Waals surface area contributed by atoms with E-state index in [0.717, 1.165) is 5.56 Å². The Morgan fingerprint density at radius 1 is 1.35 bits per heavy atom. The van der Waals surface area contributed by atoms with Gasteiger partial charge in [-0.3, -0.25) is 4.79 Å². The second kappa shape index (κ2) is 6.26. The molecule has 0 saturated carbocycles. The number of rotatable bonds is 3. The van der Waals surface area contributed by atoms with Gasteiger partial charge in [-0.2, -0.15) is 0 Å². The number of carboxylic acids is 1. The number of benzene rings is 1. The first-order valence-corrected chi connectivity index (χ1v) is 7.33. The third-order valence-electron chi connectivity index (χ3n) is 3.58. The van der Waals surface area contributed by atoms with Crippen LogP contribution in [0.3, 0.4) is 0 Å². The number of nitrogens with zero attached hydrogens (tertiary/aromatic N) is 1. The fourth-order valence-electron chi connectivity index (χ4n) is 2.43. The molecule has 0 fully saturated rings. The molecule has 1 atom stereocenters. The van der Waals surface area contributed by atoms with Crippen molar-refractivity contribution in [3.8, 4) is 5.75 Å². The normalized spacial score (nSPS) is 16.1. The number of hydrogen-bond donors (Lipinski definition) is 2. The highest BCUT2D eigenvalue weighted by molar-refractivity contribution is 6.30. The van der Waals surface area contributed by atoms with Gasteiger partial charge in [0, 0.05) is 11.2 Å². The van der Waals surface area contributed by atoms with E-state index in [2.05, 4.69) is 10.3 Å². The molecule has 23 heavy (non-hydrogen) atoms. The van der Waals surface area contributed by atoms with Crippen LogP contribution < -0.4 is 10.1 Å². The van der Waals surface area contributed by atoms with E-state index < -0.39 is 11.9 Å². The number of ether oxygens (including phenoxy) is 1. The van der Waals surface area contributed by atoms with Crippen molar-refractivity contribution in [1.82, 2.24) is 4.98 Å². The number of carbonyl (C=O) groups excluding carboxylic acids is 1. The van der Waals surface area contributed by atoms with E-state index >= 15 is 0 Å². The first-order chi connectivity index (χ1) is 11.0. The molecule has 2 heterocycles. The zero-order valence-electron chi connectivity index (χ0n) is 12.0. The van der Waals surface area contributed by atoms with Gasteiger partial charge < -0.3 is 15.2 Å². The smallest absolute Gasteiger partial charge is 0.339 e. The maximum atomic E-state index is 12.4. The number of carbonyl (C=O) groups is 2. The first-order valence-electron chi connectivity index (χ1n) is 6.95. The summed E-state index contributed by atoms with van der Waals surface area (Å²) in [5, 5.41) is 12.3. The predicted octanol–water partition coefficient (Wildman–Crippen LogP) is 2.62. The monoisotopic (exact) mass is 332 g/mol. The summed E-state index contributed by atoms with van der Waals surface area (Å²) in [5.74, 6) is -1.18. The standard InChI is InChI=1S/C16H13ClN2O4/c17-11-3-4-13-9(7-11)6-10(8-23-13)15(20)19-14-12(16(21)22)2-1-5-18-14/h1-5,7,10H,6,8H2,(H,21,22)(H,18,19,20). The summed E-state index contributed by atoms with van der Waals surface area (Å²) in [6.07, 6.45) is 1.89. The number of aromatic nitrogens is 1. The highest BCUT2D eigenvalue weighted by Crippen LogP contribution is 2.30. The predicted molar refractivity (Wildman–Crippen MR) is 84.0 cm³/mol. The molecular formula is C16H13ClN2O4. The minimum absolute atomic E-state index is 0.0295. The number of pyridine rings is 1. The quantitative estimate of drug-likeness (QED) is 0.902. The molecule has 1 aromatic carbocycles. The molecule has 0 aliphatic carbocycles. The molecule has 1 aliphatic heterocycles. The molecule has 0 spiro atoms. The van der Waals surface area contributed by atoms with Crippen LogP contribution in [-0.2, 0) is 11.2 Å². The van der Waals surface area contributed by atoms with Gasteiger partial charge in [-0.25, -0.2) is 9.78 Å². The number of hydrogen-bond acceptors (Lipinski definition) is 4. The fourth-order valence-corrected chi connectivity index (χ4v) is 2.62. The van der Waals surface area contributed by atoms with E-state index in [4.69, 9.17) is 21.4 Å². The number of halogens is 1. The number of anilines is 1. The Labute approximate surface area is 137 Å². The lowest BCUT2D eigenvalue weighted by atomic mass is 9.96. The van der Waals surface area contributed by atoms with Crippen molar-refractivity contribution in [1.29, 1.82) is 0 Å². The Balaban J connectivity index is 1.76. The molecular weight excluding hydrogens is 320 g/mol. The number of fused-ring (bicyclic) bond motifs is 1. The molecule has 0 bridgehead atoms. The molecule has 2 aromatic rings. The number of nitrogens with one attached hydrogen (secondary N) is 1. The highest BCUT2D eigenvalue weighted by Gasteiger charge is 2.27. The maximum Gasteiger partial charge on any atom is 0.339 e. The summed E-state index contributed by atoms with van der Waals surface area (Å²) in [4.78, 5) is 27.4. The average Bonchev–Trinajstić information content (AvgIpc) is 2.54. The van der Waals surface area contributed by atoms with Crippen molar-refractivity contribution in [3.63, 3.8) is 0 Å². The molecule has 1 amide bonds. The second-order valence-electron chi connectivity index (χ2n) is 5.16. The van der Waals surface area contributed by atoms with Crippen LogP contribution in [0.25, 0.3) is 0 Å². The molecule has 7 heteroatoms. The third kappa shape index (κ3) is 3.27. The summed E-state index contributed by atoms with van der Waals surface area (Å²) in [6, 6.07) is 8.15. The maximum absolute atomic E-state index is 12.4. The van der Waals surface area contributed by atoms with E-state index in [0.29, 0.717) is 17.2 Å². The molecule has 3 rings (SSSR count). The van der Waals surface area contributed by atoms with Gasteiger partial charge in [0.2, 0.25) is 5.91 Å². The number of aromatic carboxylic acids is 1. The van der Waals surface area contributed by atoms with E-state index in [-0.39, 0.29) is 23.9 Å². The molecule has 1 aliphatic rings. The van der Waals surface area contributed by atoms with Crippen LogP contribution in [0.5, 0.6) is 5.75 Å².